The van der Waals surface area contributed by atoms with E-state index in [4.69, 9.17) is 0 Å². The van der Waals surface area contributed by atoms with Crippen LogP contribution in [0.15, 0.2) is 12.4 Å². The Hall–Kier alpha value is -0.960. The Bertz CT molecular complexity index is 440. The number of rotatable bonds is 4. The van der Waals surface area contributed by atoms with Gasteiger partial charge in [0.25, 0.3) is 0 Å². The van der Waals surface area contributed by atoms with Gasteiger partial charge in [0.15, 0.2) is 0 Å². The van der Waals surface area contributed by atoms with E-state index in [2.05, 4.69) is 21.8 Å². The maximum atomic E-state index is 4.36. The van der Waals surface area contributed by atoms with Gasteiger partial charge in [-0.05, 0) is 75.9 Å². The first-order valence-electron chi connectivity index (χ1n) is 9.29. The lowest BCUT2D eigenvalue weighted by atomic mass is 9.81. The normalized spacial score (nSPS) is 27.9. The molecular weight excluding hydrogens is 270 g/mol. The number of aromatic nitrogens is 2. The number of hydrogen-bond donors (Lipinski definition) is 0. The molecule has 1 saturated carbocycles. The summed E-state index contributed by atoms with van der Waals surface area (Å²) in [4.78, 5) is 11.5. The molecule has 0 atom stereocenters. The highest BCUT2D eigenvalue weighted by Crippen LogP contribution is 2.34. The van der Waals surface area contributed by atoms with Gasteiger partial charge in [-0.2, -0.15) is 0 Å². The molecule has 1 saturated heterocycles. The minimum atomic E-state index is 0.674. The summed E-state index contributed by atoms with van der Waals surface area (Å²) in [7, 11) is 0. The lowest BCUT2D eigenvalue weighted by Crippen LogP contribution is -2.42. The van der Waals surface area contributed by atoms with E-state index in [0.29, 0.717) is 5.92 Å². The van der Waals surface area contributed by atoms with Crippen LogP contribution in [-0.2, 0) is 0 Å². The molecule has 3 rings (SSSR count). The summed E-state index contributed by atoms with van der Waals surface area (Å²) in [5.74, 6) is 2.57. The van der Waals surface area contributed by atoms with Gasteiger partial charge in [0.1, 0.15) is 5.82 Å². The first-order valence-corrected chi connectivity index (χ1v) is 9.29. The number of piperidine rings is 1. The summed E-state index contributed by atoms with van der Waals surface area (Å²) in [6.45, 7) is 6.82. The van der Waals surface area contributed by atoms with E-state index < -0.39 is 0 Å². The minimum Gasteiger partial charge on any atom is -0.300 e. The monoisotopic (exact) mass is 301 g/mol. The topological polar surface area (TPSA) is 29.0 Å². The second kappa shape index (κ2) is 7.54. The summed E-state index contributed by atoms with van der Waals surface area (Å²) < 4.78 is 0. The van der Waals surface area contributed by atoms with Crippen LogP contribution >= 0.6 is 0 Å². The van der Waals surface area contributed by atoms with Crippen molar-refractivity contribution in [2.24, 2.45) is 5.92 Å². The predicted molar refractivity (Wildman–Crippen MR) is 91.0 cm³/mol. The molecule has 0 radical (unpaired) electrons. The summed E-state index contributed by atoms with van der Waals surface area (Å²) >= 11 is 0. The van der Waals surface area contributed by atoms with Crippen molar-refractivity contribution >= 4 is 0 Å². The van der Waals surface area contributed by atoms with Crippen molar-refractivity contribution in [3.8, 4) is 0 Å². The van der Waals surface area contributed by atoms with Crippen LogP contribution in [-0.4, -0.2) is 34.0 Å². The van der Waals surface area contributed by atoms with Crippen molar-refractivity contribution in [1.29, 1.82) is 0 Å². The van der Waals surface area contributed by atoms with Crippen molar-refractivity contribution in [2.45, 2.75) is 77.2 Å². The van der Waals surface area contributed by atoms with Crippen molar-refractivity contribution in [3.05, 3.63) is 23.8 Å². The Morgan fingerprint density at radius 3 is 2.23 bits per heavy atom. The van der Waals surface area contributed by atoms with E-state index in [9.17, 15) is 0 Å². The summed E-state index contributed by atoms with van der Waals surface area (Å²) in [5.41, 5.74) is 1.34. The molecule has 1 aromatic heterocycles. The molecule has 0 spiro atoms. The van der Waals surface area contributed by atoms with E-state index in [1.807, 2.05) is 19.3 Å². The molecule has 0 bridgehead atoms. The van der Waals surface area contributed by atoms with Gasteiger partial charge >= 0.3 is 0 Å². The zero-order valence-electron chi connectivity index (χ0n) is 14.3. The maximum absolute atomic E-state index is 4.36. The molecule has 0 amide bonds. The molecule has 22 heavy (non-hydrogen) atoms. The van der Waals surface area contributed by atoms with Crippen LogP contribution in [0.3, 0.4) is 0 Å². The Kier molecular flexibility index (Phi) is 5.46. The van der Waals surface area contributed by atoms with Gasteiger partial charge in [-0.15, -0.1) is 0 Å². The number of likely N-dealkylation sites (tertiary alicyclic amines) is 1. The first-order chi connectivity index (χ1) is 10.8. The molecule has 0 N–H and O–H groups in total. The smallest absolute Gasteiger partial charge is 0.125 e. The lowest BCUT2D eigenvalue weighted by Gasteiger charge is -2.41. The van der Waals surface area contributed by atoms with Crippen LogP contribution in [0, 0.1) is 12.8 Å². The van der Waals surface area contributed by atoms with Crippen LogP contribution in [0.25, 0.3) is 0 Å². The van der Waals surface area contributed by atoms with Crippen LogP contribution in [0.4, 0.5) is 0 Å². The molecule has 1 aromatic rings. The van der Waals surface area contributed by atoms with Crippen LogP contribution in [0.2, 0.25) is 0 Å². The summed E-state index contributed by atoms with van der Waals surface area (Å²) in [6.07, 6.45) is 15.2. The van der Waals surface area contributed by atoms with Gasteiger partial charge in [0.05, 0.1) is 0 Å². The SMILES string of the molecule is CCCC1CCC(N2CCC(c3cnc(C)nc3)CC2)CC1. The largest absolute Gasteiger partial charge is 0.300 e. The van der Waals surface area contributed by atoms with Crippen molar-refractivity contribution in [1.82, 2.24) is 14.9 Å². The van der Waals surface area contributed by atoms with Gasteiger partial charge in [-0.25, -0.2) is 9.97 Å². The van der Waals surface area contributed by atoms with Gasteiger partial charge in [-0.3, -0.25) is 0 Å². The highest BCUT2D eigenvalue weighted by atomic mass is 15.2. The third-order valence-electron chi connectivity index (χ3n) is 5.83. The quantitative estimate of drug-likeness (QED) is 0.829. The van der Waals surface area contributed by atoms with E-state index in [1.165, 1.54) is 70.0 Å². The maximum Gasteiger partial charge on any atom is 0.125 e. The third-order valence-corrected chi connectivity index (χ3v) is 5.83. The van der Waals surface area contributed by atoms with E-state index >= 15 is 0 Å². The Morgan fingerprint density at radius 2 is 1.64 bits per heavy atom. The molecule has 2 fully saturated rings. The molecule has 3 heteroatoms. The minimum absolute atomic E-state index is 0.674. The van der Waals surface area contributed by atoms with Gasteiger partial charge in [0.2, 0.25) is 0 Å². The molecule has 0 unspecified atom stereocenters. The Labute approximate surface area is 135 Å². The molecule has 3 nitrogen and oxygen atoms in total. The molecule has 1 aliphatic heterocycles. The summed E-state index contributed by atoms with van der Waals surface area (Å²) in [5, 5.41) is 0. The van der Waals surface area contributed by atoms with Crippen LogP contribution < -0.4 is 0 Å². The fraction of sp³-hybridized carbons (Fsp3) is 0.789. The third kappa shape index (κ3) is 3.87. The van der Waals surface area contributed by atoms with Gasteiger partial charge in [0, 0.05) is 18.4 Å². The fourth-order valence-electron chi connectivity index (χ4n) is 4.42. The first kappa shape index (κ1) is 15.9. The average Bonchev–Trinajstić information content (AvgIpc) is 2.57. The zero-order valence-corrected chi connectivity index (χ0v) is 14.3. The lowest BCUT2D eigenvalue weighted by molar-refractivity contribution is 0.105. The zero-order chi connectivity index (χ0) is 15.4. The molecule has 0 aromatic carbocycles. The van der Waals surface area contributed by atoms with Crippen molar-refractivity contribution in [2.75, 3.05) is 13.1 Å². The molecule has 2 aliphatic rings. The van der Waals surface area contributed by atoms with E-state index in [0.717, 1.165) is 17.8 Å². The molecule has 1 aliphatic carbocycles. The highest BCUT2D eigenvalue weighted by molar-refractivity contribution is 5.12. The second-order valence-electron chi connectivity index (χ2n) is 7.34. The van der Waals surface area contributed by atoms with Crippen molar-refractivity contribution in [3.63, 3.8) is 0 Å². The number of nitrogens with zero attached hydrogens (tertiary/aromatic N) is 3. The number of hydrogen-bond acceptors (Lipinski definition) is 3. The standard InChI is InChI=1S/C19H31N3/c1-3-4-16-5-7-19(8-6-16)22-11-9-17(10-12-22)18-13-20-15(2)21-14-18/h13-14,16-17,19H,3-12H2,1-2H3. The number of aryl methyl sites for hydroxylation is 1. The molecule has 2 heterocycles. The van der Waals surface area contributed by atoms with Gasteiger partial charge < -0.3 is 4.90 Å². The Morgan fingerprint density at radius 1 is 1.00 bits per heavy atom. The van der Waals surface area contributed by atoms with Crippen LogP contribution in [0.1, 0.15) is 75.6 Å². The van der Waals surface area contributed by atoms with E-state index in [1.54, 1.807) is 0 Å². The highest BCUT2D eigenvalue weighted by Gasteiger charge is 2.29. The van der Waals surface area contributed by atoms with E-state index in [-0.39, 0.29) is 0 Å². The molecular formula is C19H31N3. The van der Waals surface area contributed by atoms with Crippen molar-refractivity contribution < 1.29 is 0 Å². The average molecular weight is 301 g/mol. The fourth-order valence-corrected chi connectivity index (χ4v) is 4.42. The van der Waals surface area contributed by atoms with Gasteiger partial charge in [-0.1, -0.05) is 19.8 Å². The predicted octanol–water partition coefficient (Wildman–Crippen LogP) is 4.32. The summed E-state index contributed by atoms with van der Waals surface area (Å²) in [6, 6.07) is 0.864. The second-order valence-corrected chi connectivity index (χ2v) is 7.34. The van der Waals surface area contributed by atoms with Crippen LogP contribution in [0.5, 0.6) is 0 Å². The Balaban J connectivity index is 1.47. The molecule has 122 valence electrons.